The number of nitrogens with one attached hydrogen (secondary N) is 2. The molecule has 1 aliphatic rings. The molecule has 0 saturated carbocycles. The highest BCUT2D eigenvalue weighted by Gasteiger charge is 2.43. The Morgan fingerprint density at radius 2 is 1.90 bits per heavy atom. The molecule has 4 aromatic rings. The molecule has 1 aromatic carbocycles. The van der Waals surface area contributed by atoms with E-state index in [0.717, 1.165) is 9.55 Å². The van der Waals surface area contributed by atoms with Crippen molar-refractivity contribution in [1.82, 2.24) is 13.9 Å². The molecule has 0 radical (unpaired) electrons. The summed E-state index contributed by atoms with van der Waals surface area (Å²) in [6.45, 7) is 3.39. The Bertz CT molecular complexity index is 2010. The summed E-state index contributed by atoms with van der Waals surface area (Å²) in [4.78, 5) is 19.5. The van der Waals surface area contributed by atoms with E-state index in [-0.39, 0.29) is 17.7 Å². The molecular formula is C29H30N4O6S2. The Kier molecular flexibility index (Phi) is 7.16. The van der Waals surface area contributed by atoms with E-state index in [9.17, 15) is 21.6 Å². The SMILES string of the molecule is COc1cccc(Nc2ccc(CS(C)(=O)=O)cc2C2=CCC(C)(S(=O)(=O)n3ccc4cc[nH]c(=O)c43)C(C)=C2)n1. The number of methoxy groups -OCH3 is 1. The van der Waals surface area contributed by atoms with Crippen LogP contribution in [0.4, 0.5) is 11.5 Å². The van der Waals surface area contributed by atoms with Crippen LogP contribution in [0.2, 0.25) is 0 Å². The third kappa shape index (κ3) is 5.32. The molecule has 0 bridgehead atoms. The quantitative estimate of drug-likeness (QED) is 0.306. The Labute approximate surface area is 238 Å². The summed E-state index contributed by atoms with van der Waals surface area (Å²) in [6, 6.07) is 13.9. The molecule has 5 rings (SSSR count). The molecule has 0 saturated heterocycles. The first-order chi connectivity index (χ1) is 19.3. The predicted octanol–water partition coefficient (Wildman–Crippen LogP) is 4.39. The number of hydrogen-bond donors (Lipinski definition) is 2. The normalized spacial score (nSPS) is 17.7. The summed E-state index contributed by atoms with van der Waals surface area (Å²) >= 11 is 0. The van der Waals surface area contributed by atoms with Gasteiger partial charge in [-0.05, 0) is 67.3 Å². The van der Waals surface area contributed by atoms with Crippen LogP contribution in [0.15, 0.2) is 83.4 Å². The number of ether oxygens (including phenoxy) is 1. The van der Waals surface area contributed by atoms with Crippen LogP contribution in [-0.2, 0) is 25.6 Å². The number of rotatable bonds is 8. The lowest BCUT2D eigenvalue weighted by molar-refractivity contribution is 0.398. The second-order valence-corrected chi connectivity index (χ2v) is 14.7. The third-order valence-corrected chi connectivity index (χ3v) is 10.6. The minimum Gasteiger partial charge on any atom is -0.481 e. The lowest BCUT2D eigenvalue weighted by Gasteiger charge is -2.33. The molecule has 3 aromatic heterocycles. The van der Waals surface area contributed by atoms with Crippen LogP contribution in [0, 0.1) is 0 Å². The number of allylic oxidation sites excluding steroid dienone is 3. The number of fused-ring (bicyclic) bond motifs is 1. The monoisotopic (exact) mass is 594 g/mol. The van der Waals surface area contributed by atoms with Crippen molar-refractivity contribution in [3.63, 3.8) is 0 Å². The van der Waals surface area contributed by atoms with Gasteiger partial charge in [0.25, 0.3) is 5.56 Å². The van der Waals surface area contributed by atoms with Crippen molar-refractivity contribution < 1.29 is 21.6 Å². The van der Waals surface area contributed by atoms with Crippen molar-refractivity contribution >= 4 is 47.8 Å². The van der Waals surface area contributed by atoms with Gasteiger partial charge >= 0.3 is 0 Å². The second kappa shape index (κ2) is 10.3. The van der Waals surface area contributed by atoms with E-state index in [1.807, 2.05) is 6.08 Å². The van der Waals surface area contributed by atoms with Gasteiger partial charge in [0, 0.05) is 41.4 Å². The molecule has 1 aliphatic carbocycles. The summed E-state index contributed by atoms with van der Waals surface area (Å²) in [7, 11) is -5.83. The highest BCUT2D eigenvalue weighted by atomic mass is 32.2. The maximum atomic E-state index is 14.0. The standard InChI is InChI=1S/C29H30N4O6S2/c1-19-16-22(10-13-29(19,2)41(37,38)33-15-12-21-11-14-30-28(34)27(21)33)23-17-20(18-40(4,35)36)8-9-24(23)31-25-6-5-7-26(32-25)39-3/h5-12,14-17H,13,18H2,1-4H3,(H,30,34)(H,31,32). The van der Waals surface area contributed by atoms with Crippen LogP contribution in [0.5, 0.6) is 5.88 Å². The average molecular weight is 595 g/mol. The molecule has 10 nitrogen and oxygen atoms in total. The summed E-state index contributed by atoms with van der Waals surface area (Å²) in [5.74, 6) is 0.806. The zero-order valence-electron chi connectivity index (χ0n) is 23.0. The van der Waals surface area contributed by atoms with E-state index in [0.29, 0.717) is 39.5 Å². The molecule has 2 N–H and O–H groups in total. The van der Waals surface area contributed by atoms with Crippen molar-refractivity contribution in [2.45, 2.75) is 30.8 Å². The first-order valence-electron chi connectivity index (χ1n) is 12.7. The van der Waals surface area contributed by atoms with Crippen LogP contribution < -0.4 is 15.6 Å². The summed E-state index contributed by atoms with van der Waals surface area (Å²) in [5.41, 5.74) is 2.83. The molecule has 0 fully saturated rings. The molecule has 214 valence electrons. The van der Waals surface area contributed by atoms with E-state index in [4.69, 9.17) is 4.74 Å². The first-order valence-corrected chi connectivity index (χ1v) is 16.2. The smallest absolute Gasteiger partial charge is 0.273 e. The third-order valence-electron chi connectivity index (χ3n) is 7.34. The van der Waals surface area contributed by atoms with Crippen molar-refractivity contribution in [3.8, 4) is 5.88 Å². The van der Waals surface area contributed by atoms with Gasteiger partial charge in [0.15, 0.2) is 9.84 Å². The Morgan fingerprint density at radius 1 is 1.12 bits per heavy atom. The number of hydrogen-bond acceptors (Lipinski definition) is 8. The molecule has 41 heavy (non-hydrogen) atoms. The van der Waals surface area contributed by atoms with E-state index < -0.39 is 30.2 Å². The molecule has 12 heteroatoms. The van der Waals surface area contributed by atoms with Gasteiger partial charge in [0.2, 0.25) is 15.9 Å². The molecule has 0 spiro atoms. The van der Waals surface area contributed by atoms with Crippen molar-refractivity contribution in [2.24, 2.45) is 0 Å². The number of H-pyrrole nitrogens is 1. The number of benzene rings is 1. The highest BCUT2D eigenvalue weighted by Crippen LogP contribution is 2.41. The second-order valence-electron chi connectivity index (χ2n) is 10.3. The summed E-state index contributed by atoms with van der Waals surface area (Å²) in [6.07, 6.45) is 7.81. The van der Waals surface area contributed by atoms with Crippen molar-refractivity contribution in [2.75, 3.05) is 18.7 Å². The minimum atomic E-state index is -4.06. The van der Waals surface area contributed by atoms with Crippen molar-refractivity contribution in [1.29, 1.82) is 0 Å². The fourth-order valence-electron chi connectivity index (χ4n) is 4.96. The largest absolute Gasteiger partial charge is 0.481 e. The number of aromatic amines is 1. The Hall–Kier alpha value is -4.16. The lowest BCUT2D eigenvalue weighted by atomic mass is 9.86. The van der Waals surface area contributed by atoms with Gasteiger partial charge in [-0.2, -0.15) is 4.98 Å². The van der Waals surface area contributed by atoms with E-state index >= 15 is 0 Å². The Balaban J connectivity index is 1.57. The van der Waals surface area contributed by atoms with Gasteiger partial charge in [0.05, 0.1) is 12.9 Å². The number of pyridine rings is 2. The minimum absolute atomic E-state index is 0.0713. The van der Waals surface area contributed by atoms with Gasteiger partial charge in [-0.1, -0.05) is 24.3 Å². The number of nitrogens with zero attached hydrogens (tertiary/aromatic N) is 2. The molecule has 1 atom stereocenters. The maximum absolute atomic E-state index is 14.0. The van der Waals surface area contributed by atoms with Crippen molar-refractivity contribution in [3.05, 3.63) is 100 Å². The zero-order chi connectivity index (χ0) is 29.6. The highest BCUT2D eigenvalue weighted by molar-refractivity contribution is 7.91. The average Bonchev–Trinajstić information content (AvgIpc) is 3.37. The van der Waals surface area contributed by atoms with Gasteiger partial charge in [-0.3, -0.25) is 4.79 Å². The van der Waals surface area contributed by atoms with Crippen LogP contribution in [0.3, 0.4) is 0 Å². The summed E-state index contributed by atoms with van der Waals surface area (Å²) < 4.78 is 57.1. The molecule has 3 heterocycles. The van der Waals surface area contributed by atoms with Crippen LogP contribution in [0.25, 0.3) is 16.5 Å². The van der Waals surface area contributed by atoms with Crippen LogP contribution >= 0.6 is 0 Å². The molecule has 0 aliphatic heterocycles. The fourth-order valence-corrected chi connectivity index (χ4v) is 7.59. The first kappa shape index (κ1) is 28.4. The number of aromatic nitrogens is 3. The lowest BCUT2D eigenvalue weighted by Crippen LogP contribution is -2.41. The van der Waals surface area contributed by atoms with Gasteiger partial charge in [0.1, 0.15) is 16.1 Å². The van der Waals surface area contributed by atoms with E-state index in [1.54, 1.807) is 68.5 Å². The Morgan fingerprint density at radius 3 is 2.61 bits per heavy atom. The van der Waals surface area contributed by atoms with Gasteiger partial charge in [-0.15, -0.1) is 0 Å². The summed E-state index contributed by atoms with van der Waals surface area (Å²) in [5, 5.41) is 3.80. The van der Waals surface area contributed by atoms with Gasteiger partial charge in [-0.25, -0.2) is 20.8 Å². The zero-order valence-corrected chi connectivity index (χ0v) is 24.6. The topological polar surface area (TPSA) is 140 Å². The van der Waals surface area contributed by atoms with Gasteiger partial charge < -0.3 is 15.0 Å². The maximum Gasteiger partial charge on any atom is 0.273 e. The van der Waals surface area contributed by atoms with Crippen LogP contribution in [0.1, 0.15) is 31.4 Å². The molecular weight excluding hydrogens is 564 g/mol. The fraction of sp³-hybridized carbons (Fsp3) is 0.241. The van der Waals surface area contributed by atoms with E-state index in [2.05, 4.69) is 15.3 Å². The predicted molar refractivity (Wildman–Crippen MR) is 161 cm³/mol. The molecule has 1 unspecified atom stereocenters. The number of anilines is 2. The molecule has 0 amide bonds. The number of sulfone groups is 1. The van der Waals surface area contributed by atoms with E-state index in [1.165, 1.54) is 25.8 Å². The van der Waals surface area contributed by atoms with Crippen LogP contribution in [-0.4, -0.2) is 48.9 Å².